The molecule has 0 saturated heterocycles. The predicted molar refractivity (Wildman–Crippen MR) is 252 cm³/mol. The number of rotatable bonds is 46. The van der Waals surface area contributed by atoms with E-state index in [1.54, 1.807) is 0 Å². The fraction of sp³-hybridized carbons (Fsp3) is 0.943. The maximum absolute atomic E-state index is 12.7. The van der Waals surface area contributed by atoms with Gasteiger partial charge in [-0.25, -0.2) is 0 Å². The van der Waals surface area contributed by atoms with Gasteiger partial charge in [-0.1, -0.05) is 247 Å². The van der Waals surface area contributed by atoms with Gasteiger partial charge in [-0.3, -0.25) is 14.4 Å². The summed E-state index contributed by atoms with van der Waals surface area (Å²) in [6.45, 7) is 13.7. The molecule has 0 aromatic heterocycles. The first-order chi connectivity index (χ1) is 28.6. The van der Waals surface area contributed by atoms with Gasteiger partial charge in [0.05, 0.1) is 0 Å². The van der Waals surface area contributed by atoms with Crippen molar-refractivity contribution >= 4 is 17.9 Å². The van der Waals surface area contributed by atoms with Crippen molar-refractivity contribution in [2.75, 3.05) is 13.2 Å². The molecule has 0 radical (unpaired) electrons. The Morgan fingerprint density at radius 1 is 0.339 bits per heavy atom. The second-order valence-electron chi connectivity index (χ2n) is 19.4. The van der Waals surface area contributed by atoms with Crippen LogP contribution >= 0.6 is 0 Å². The summed E-state index contributed by atoms with van der Waals surface area (Å²) < 4.78 is 16.8. The van der Waals surface area contributed by atoms with E-state index in [2.05, 4.69) is 41.5 Å². The molecule has 0 saturated carbocycles. The first-order valence-electron chi connectivity index (χ1n) is 26.1. The fourth-order valence-electron chi connectivity index (χ4n) is 7.91. The minimum absolute atomic E-state index is 0.0659. The lowest BCUT2D eigenvalue weighted by atomic mass is 10.00. The molecule has 0 bridgehead atoms. The second-order valence-corrected chi connectivity index (χ2v) is 19.4. The minimum atomic E-state index is -0.763. The Hall–Kier alpha value is -1.59. The summed E-state index contributed by atoms with van der Waals surface area (Å²) in [5, 5.41) is 0. The van der Waals surface area contributed by atoms with Gasteiger partial charge in [-0.2, -0.15) is 0 Å². The van der Waals surface area contributed by atoms with Crippen LogP contribution in [0.15, 0.2) is 0 Å². The standard InChI is InChI=1S/C53H102O6/c1-7-49(6)41-35-29-25-26-31-37-43-52(55)58-46-50(59-53(56)44-38-32-24-20-22-28-34-40-48(4)5)45-57-51(54)42-36-30-23-19-17-15-13-11-9-8-10-12-14-16-18-21-27-33-39-47(2)3/h47-50H,7-46H2,1-6H3/t49?,50-/m0/s1. The zero-order valence-corrected chi connectivity index (χ0v) is 40.5. The van der Waals surface area contributed by atoms with Crippen LogP contribution in [0, 0.1) is 17.8 Å². The molecule has 0 N–H and O–H groups in total. The van der Waals surface area contributed by atoms with Crippen molar-refractivity contribution in [2.24, 2.45) is 17.8 Å². The van der Waals surface area contributed by atoms with E-state index in [4.69, 9.17) is 14.2 Å². The van der Waals surface area contributed by atoms with Crippen molar-refractivity contribution in [3.8, 4) is 0 Å². The normalized spacial score (nSPS) is 12.6. The Bertz CT molecular complexity index is 916. The van der Waals surface area contributed by atoms with Gasteiger partial charge in [0.2, 0.25) is 0 Å². The van der Waals surface area contributed by atoms with Crippen LogP contribution in [0.1, 0.15) is 286 Å². The molecule has 0 aromatic carbocycles. The van der Waals surface area contributed by atoms with Crippen LogP contribution in [0.2, 0.25) is 0 Å². The molecule has 6 nitrogen and oxygen atoms in total. The Labute approximate surface area is 368 Å². The molecular weight excluding hydrogens is 733 g/mol. The summed E-state index contributed by atoms with van der Waals surface area (Å²) in [5.74, 6) is 1.59. The monoisotopic (exact) mass is 835 g/mol. The molecule has 0 fully saturated rings. The highest BCUT2D eigenvalue weighted by atomic mass is 16.6. The highest BCUT2D eigenvalue weighted by Gasteiger charge is 2.19. The molecule has 0 aliphatic heterocycles. The fourth-order valence-corrected chi connectivity index (χ4v) is 7.91. The van der Waals surface area contributed by atoms with Crippen LogP contribution < -0.4 is 0 Å². The third-order valence-corrected chi connectivity index (χ3v) is 12.3. The van der Waals surface area contributed by atoms with Gasteiger partial charge in [-0.15, -0.1) is 0 Å². The number of hydrogen-bond acceptors (Lipinski definition) is 6. The van der Waals surface area contributed by atoms with Gasteiger partial charge in [0.25, 0.3) is 0 Å². The molecule has 350 valence electrons. The van der Waals surface area contributed by atoms with Crippen LogP contribution in [0.3, 0.4) is 0 Å². The third-order valence-electron chi connectivity index (χ3n) is 12.3. The summed E-state index contributed by atoms with van der Waals surface area (Å²) in [7, 11) is 0. The molecule has 59 heavy (non-hydrogen) atoms. The van der Waals surface area contributed by atoms with Crippen molar-refractivity contribution < 1.29 is 28.6 Å². The van der Waals surface area contributed by atoms with E-state index in [-0.39, 0.29) is 31.1 Å². The lowest BCUT2D eigenvalue weighted by Gasteiger charge is -2.18. The zero-order chi connectivity index (χ0) is 43.4. The topological polar surface area (TPSA) is 78.9 Å². The van der Waals surface area contributed by atoms with Crippen LogP contribution in [0.5, 0.6) is 0 Å². The van der Waals surface area contributed by atoms with Crippen molar-refractivity contribution in [3.05, 3.63) is 0 Å². The molecule has 0 amide bonds. The maximum Gasteiger partial charge on any atom is 0.306 e. The lowest BCUT2D eigenvalue weighted by molar-refractivity contribution is -0.167. The van der Waals surface area contributed by atoms with Crippen molar-refractivity contribution in [2.45, 2.75) is 292 Å². The molecule has 0 aromatic rings. The molecule has 0 spiro atoms. The SMILES string of the molecule is CCC(C)CCCCCCCCC(=O)OC[C@H](COC(=O)CCCCCCCCCCCCCCCCCCCCC(C)C)OC(=O)CCCCCCCCCC(C)C. The molecule has 1 unspecified atom stereocenters. The Balaban J connectivity index is 4.18. The highest BCUT2D eigenvalue weighted by Crippen LogP contribution is 2.18. The largest absolute Gasteiger partial charge is 0.462 e. The lowest BCUT2D eigenvalue weighted by Crippen LogP contribution is -2.30. The van der Waals surface area contributed by atoms with Gasteiger partial charge in [0, 0.05) is 19.3 Å². The molecule has 2 atom stereocenters. The smallest absolute Gasteiger partial charge is 0.306 e. The summed E-state index contributed by atoms with van der Waals surface area (Å²) in [6, 6.07) is 0. The van der Waals surface area contributed by atoms with Crippen molar-refractivity contribution in [3.63, 3.8) is 0 Å². The second kappa shape index (κ2) is 44.5. The summed E-state index contributed by atoms with van der Waals surface area (Å²) in [6.07, 6.45) is 44.0. The van der Waals surface area contributed by atoms with Crippen LogP contribution in [-0.2, 0) is 28.6 Å². The Morgan fingerprint density at radius 2 is 0.593 bits per heavy atom. The zero-order valence-electron chi connectivity index (χ0n) is 40.5. The number of hydrogen-bond donors (Lipinski definition) is 0. The minimum Gasteiger partial charge on any atom is -0.462 e. The summed E-state index contributed by atoms with van der Waals surface area (Å²) >= 11 is 0. The number of carbonyl (C=O) groups is 3. The maximum atomic E-state index is 12.7. The first-order valence-corrected chi connectivity index (χ1v) is 26.1. The van der Waals surface area contributed by atoms with Gasteiger partial charge >= 0.3 is 17.9 Å². The van der Waals surface area contributed by atoms with E-state index in [1.807, 2.05) is 0 Å². The van der Waals surface area contributed by atoms with E-state index >= 15 is 0 Å². The van der Waals surface area contributed by atoms with E-state index < -0.39 is 6.10 Å². The first kappa shape index (κ1) is 57.4. The number of unbranched alkanes of at least 4 members (excludes halogenated alkanes) is 28. The third kappa shape index (κ3) is 45.8. The summed E-state index contributed by atoms with van der Waals surface area (Å²) in [4.78, 5) is 37.8. The average molecular weight is 835 g/mol. The van der Waals surface area contributed by atoms with E-state index in [0.29, 0.717) is 19.3 Å². The number of ether oxygens (including phenoxy) is 3. The molecule has 0 aliphatic rings. The molecular formula is C53H102O6. The molecule has 0 rings (SSSR count). The number of esters is 3. The highest BCUT2D eigenvalue weighted by molar-refractivity contribution is 5.71. The molecule has 0 aliphatic carbocycles. The van der Waals surface area contributed by atoms with Crippen molar-refractivity contribution in [1.29, 1.82) is 0 Å². The molecule has 0 heterocycles. The van der Waals surface area contributed by atoms with E-state index in [9.17, 15) is 14.4 Å². The summed E-state index contributed by atoms with van der Waals surface area (Å²) in [5.41, 5.74) is 0. The van der Waals surface area contributed by atoms with Crippen molar-refractivity contribution in [1.82, 2.24) is 0 Å². The molecule has 6 heteroatoms. The Kier molecular flexibility index (Phi) is 43.3. The van der Waals surface area contributed by atoms with Gasteiger partial charge < -0.3 is 14.2 Å². The van der Waals surface area contributed by atoms with Gasteiger partial charge in [-0.05, 0) is 37.0 Å². The van der Waals surface area contributed by atoms with Gasteiger partial charge in [0.15, 0.2) is 6.10 Å². The van der Waals surface area contributed by atoms with E-state index in [0.717, 1.165) is 75.5 Å². The van der Waals surface area contributed by atoms with Crippen LogP contribution in [0.4, 0.5) is 0 Å². The average Bonchev–Trinajstić information content (AvgIpc) is 3.20. The quantitative estimate of drug-likeness (QED) is 0.0345. The van der Waals surface area contributed by atoms with Crippen LogP contribution in [0.25, 0.3) is 0 Å². The van der Waals surface area contributed by atoms with E-state index in [1.165, 1.54) is 167 Å². The predicted octanol–water partition coefficient (Wildman–Crippen LogP) is 16.8. The number of carbonyl (C=O) groups excluding carboxylic acids is 3. The van der Waals surface area contributed by atoms with Gasteiger partial charge in [0.1, 0.15) is 13.2 Å². The van der Waals surface area contributed by atoms with Crippen LogP contribution in [-0.4, -0.2) is 37.2 Å². The Morgan fingerprint density at radius 3 is 0.881 bits per heavy atom.